The number of rotatable bonds is 3. The van der Waals surface area contributed by atoms with Crippen LogP contribution in [0.4, 0.5) is 0 Å². The Kier molecular flexibility index (Phi) is 2.69. The molecule has 0 aromatic heterocycles. The molecule has 3 rings (SSSR count). The monoisotopic (exact) mass is 275 g/mol. The predicted octanol–water partition coefficient (Wildman–Crippen LogP) is 2.92. The molecule has 1 aliphatic carbocycles. The van der Waals surface area contributed by atoms with Gasteiger partial charge in [0.15, 0.2) is 0 Å². The summed E-state index contributed by atoms with van der Waals surface area (Å²) >= 11 is 0. The van der Waals surface area contributed by atoms with Crippen LogP contribution in [-0.4, -0.2) is 14.5 Å². The molecule has 2 aromatic rings. The fourth-order valence-electron chi connectivity index (χ4n) is 2.35. The summed E-state index contributed by atoms with van der Waals surface area (Å²) in [4.78, 5) is 0.369. The van der Waals surface area contributed by atoms with Gasteiger partial charge in [0, 0.05) is 11.4 Å². The van der Waals surface area contributed by atoms with E-state index in [1.807, 2.05) is 30.3 Å². The van der Waals surface area contributed by atoms with Crippen molar-refractivity contribution in [1.82, 2.24) is 4.72 Å². The fraction of sp³-hybridized carbons (Fsp3) is 0.333. The molecule has 0 saturated heterocycles. The topological polar surface area (TPSA) is 46.2 Å². The third kappa shape index (κ3) is 2.26. The molecule has 1 aliphatic rings. The molecule has 0 aliphatic heterocycles. The molecule has 0 amide bonds. The molecule has 1 fully saturated rings. The van der Waals surface area contributed by atoms with E-state index in [-0.39, 0.29) is 11.5 Å². The van der Waals surface area contributed by atoms with E-state index in [0.717, 1.165) is 17.2 Å². The summed E-state index contributed by atoms with van der Waals surface area (Å²) in [6, 6.07) is 13.0. The van der Waals surface area contributed by atoms with Crippen LogP contribution in [0.25, 0.3) is 10.8 Å². The molecule has 100 valence electrons. The molecule has 1 atom stereocenters. The highest BCUT2D eigenvalue weighted by Crippen LogP contribution is 2.45. The quantitative estimate of drug-likeness (QED) is 0.936. The van der Waals surface area contributed by atoms with Gasteiger partial charge in [-0.3, -0.25) is 0 Å². The highest BCUT2D eigenvalue weighted by Gasteiger charge is 2.47. The lowest BCUT2D eigenvalue weighted by Crippen LogP contribution is -2.28. The Hall–Kier alpha value is -1.39. The summed E-state index contributed by atoms with van der Waals surface area (Å²) in [6.45, 7) is 4.15. The van der Waals surface area contributed by atoms with Gasteiger partial charge < -0.3 is 0 Å². The minimum atomic E-state index is -3.44. The third-order valence-electron chi connectivity index (χ3n) is 3.85. The van der Waals surface area contributed by atoms with Crippen molar-refractivity contribution in [2.75, 3.05) is 0 Å². The molecule has 0 radical (unpaired) electrons. The summed E-state index contributed by atoms with van der Waals surface area (Å²) in [7, 11) is -3.44. The molecule has 1 unspecified atom stereocenters. The van der Waals surface area contributed by atoms with E-state index in [2.05, 4.69) is 18.6 Å². The number of hydrogen-bond acceptors (Lipinski definition) is 2. The molecule has 0 spiro atoms. The molecular weight excluding hydrogens is 258 g/mol. The molecule has 0 heterocycles. The van der Waals surface area contributed by atoms with Gasteiger partial charge in [-0.2, -0.15) is 0 Å². The zero-order valence-electron chi connectivity index (χ0n) is 11.1. The van der Waals surface area contributed by atoms with Crippen LogP contribution in [0.5, 0.6) is 0 Å². The molecule has 3 nitrogen and oxygen atoms in total. The van der Waals surface area contributed by atoms with Gasteiger partial charge in [0.1, 0.15) is 0 Å². The standard InChI is InChI=1S/C15H17NO2S/c1-15(2)10-14(15)16-19(17,18)13-9-5-7-11-6-3-4-8-12(11)13/h3-9,14,16H,10H2,1-2H3. The zero-order valence-corrected chi connectivity index (χ0v) is 11.9. The smallest absolute Gasteiger partial charge is 0.207 e. The second kappa shape index (κ2) is 4.05. The van der Waals surface area contributed by atoms with Crippen molar-refractivity contribution in [3.05, 3.63) is 42.5 Å². The zero-order chi connectivity index (χ0) is 13.7. The van der Waals surface area contributed by atoms with E-state index in [4.69, 9.17) is 0 Å². The molecule has 4 heteroatoms. The van der Waals surface area contributed by atoms with Crippen LogP contribution >= 0.6 is 0 Å². The van der Waals surface area contributed by atoms with E-state index < -0.39 is 10.0 Å². The number of hydrogen-bond donors (Lipinski definition) is 1. The average molecular weight is 275 g/mol. The van der Waals surface area contributed by atoms with E-state index >= 15 is 0 Å². The van der Waals surface area contributed by atoms with Crippen molar-refractivity contribution in [1.29, 1.82) is 0 Å². The first-order chi connectivity index (χ1) is 8.90. The molecule has 2 aromatic carbocycles. The van der Waals surface area contributed by atoms with E-state index in [0.29, 0.717) is 4.90 Å². The number of fused-ring (bicyclic) bond motifs is 1. The Labute approximate surface area is 113 Å². The van der Waals surface area contributed by atoms with Crippen LogP contribution < -0.4 is 4.72 Å². The Morgan fingerprint density at radius 3 is 2.42 bits per heavy atom. The van der Waals surface area contributed by atoms with Crippen LogP contribution in [0.15, 0.2) is 47.4 Å². The lowest BCUT2D eigenvalue weighted by molar-refractivity contribution is 0.555. The SMILES string of the molecule is CC1(C)CC1NS(=O)(=O)c1cccc2ccccc12. The van der Waals surface area contributed by atoms with E-state index in [9.17, 15) is 8.42 Å². The van der Waals surface area contributed by atoms with Crippen molar-refractivity contribution in [2.24, 2.45) is 5.41 Å². The van der Waals surface area contributed by atoms with Crippen LogP contribution in [0, 0.1) is 5.41 Å². The highest BCUT2D eigenvalue weighted by molar-refractivity contribution is 7.89. The molecule has 1 saturated carbocycles. The average Bonchev–Trinajstić information content (AvgIpc) is 2.94. The van der Waals surface area contributed by atoms with Gasteiger partial charge in [0.05, 0.1) is 4.90 Å². The summed E-state index contributed by atoms with van der Waals surface area (Å²) in [5, 5.41) is 1.72. The second-order valence-corrected chi connectivity index (χ2v) is 7.53. The second-order valence-electron chi connectivity index (χ2n) is 5.84. The first kappa shape index (κ1) is 12.6. The van der Waals surface area contributed by atoms with Crippen LogP contribution in [0.2, 0.25) is 0 Å². The van der Waals surface area contributed by atoms with Crippen molar-refractivity contribution in [2.45, 2.75) is 31.2 Å². The van der Waals surface area contributed by atoms with Gasteiger partial charge in [0.2, 0.25) is 10.0 Å². The molecule has 19 heavy (non-hydrogen) atoms. The Bertz CT molecular complexity index is 729. The Morgan fingerprint density at radius 2 is 1.74 bits per heavy atom. The minimum absolute atomic E-state index is 0.0523. The van der Waals surface area contributed by atoms with Gasteiger partial charge in [-0.05, 0) is 23.3 Å². The Balaban J connectivity index is 2.04. The molecule has 0 bridgehead atoms. The summed E-state index contributed by atoms with van der Waals surface area (Å²) < 4.78 is 27.7. The number of benzene rings is 2. The maximum absolute atomic E-state index is 12.5. The highest BCUT2D eigenvalue weighted by atomic mass is 32.2. The summed E-state index contributed by atoms with van der Waals surface area (Å²) in [5.41, 5.74) is 0.0810. The lowest BCUT2D eigenvalue weighted by Gasteiger charge is -2.10. The van der Waals surface area contributed by atoms with Crippen molar-refractivity contribution < 1.29 is 8.42 Å². The van der Waals surface area contributed by atoms with Crippen molar-refractivity contribution in [3.8, 4) is 0 Å². The van der Waals surface area contributed by atoms with E-state index in [1.165, 1.54) is 0 Å². The lowest BCUT2D eigenvalue weighted by atomic mass is 10.1. The summed E-state index contributed by atoms with van der Waals surface area (Å²) in [5.74, 6) is 0. The maximum Gasteiger partial charge on any atom is 0.241 e. The van der Waals surface area contributed by atoms with Crippen molar-refractivity contribution >= 4 is 20.8 Å². The normalized spacial score (nSPS) is 21.5. The minimum Gasteiger partial charge on any atom is -0.207 e. The first-order valence-electron chi connectivity index (χ1n) is 6.40. The fourth-order valence-corrected chi connectivity index (χ4v) is 3.99. The Morgan fingerprint density at radius 1 is 1.11 bits per heavy atom. The van der Waals surface area contributed by atoms with Gasteiger partial charge in [0.25, 0.3) is 0 Å². The van der Waals surface area contributed by atoms with Gasteiger partial charge in [-0.25, -0.2) is 13.1 Å². The summed E-state index contributed by atoms with van der Waals surface area (Å²) in [6.07, 6.45) is 0.900. The van der Waals surface area contributed by atoms with Crippen molar-refractivity contribution in [3.63, 3.8) is 0 Å². The van der Waals surface area contributed by atoms with Gasteiger partial charge >= 0.3 is 0 Å². The van der Waals surface area contributed by atoms with E-state index in [1.54, 1.807) is 12.1 Å². The number of nitrogens with one attached hydrogen (secondary N) is 1. The van der Waals surface area contributed by atoms with Gasteiger partial charge in [-0.15, -0.1) is 0 Å². The van der Waals surface area contributed by atoms with Crippen LogP contribution in [0.1, 0.15) is 20.3 Å². The van der Waals surface area contributed by atoms with Crippen LogP contribution in [-0.2, 0) is 10.0 Å². The number of sulfonamides is 1. The third-order valence-corrected chi connectivity index (χ3v) is 5.38. The largest absolute Gasteiger partial charge is 0.241 e. The van der Waals surface area contributed by atoms with Crippen LogP contribution in [0.3, 0.4) is 0 Å². The molecular formula is C15H17NO2S. The first-order valence-corrected chi connectivity index (χ1v) is 7.89. The molecule has 1 N–H and O–H groups in total. The maximum atomic E-state index is 12.5. The van der Waals surface area contributed by atoms with Gasteiger partial charge in [-0.1, -0.05) is 50.2 Å². The predicted molar refractivity (Wildman–Crippen MR) is 76.5 cm³/mol.